The van der Waals surface area contributed by atoms with Gasteiger partial charge in [-0.15, -0.1) is 0 Å². The van der Waals surface area contributed by atoms with Crippen LogP contribution in [0.3, 0.4) is 0 Å². The molecule has 0 bridgehead atoms. The summed E-state index contributed by atoms with van der Waals surface area (Å²) in [6.07, 6.45) is 0.284. The average molecular weight is 331 g/mol. The molecular weight excluding hydrogens is 310 g/mol. The molecule has 0 aliphatic heterocycles. The number of benzene rings is 2. The topological polar surface area (TPSA) is 63.2 Å². The van der Waals surface area contributed by atoms with Crippen molar-refractivity contribution in [2.24, 2.45) is 0 Å². The Morgan fingerprint density at radius 2 is 1.57 bits per heavy atom. The van der Waals surface area contributed by atoms with Gasteiger partial charge in [-0.2, -0.15) is 0 Å². The van der Waals surface area contributed by atoms with E-state index in [1.807, 2.05) is 31.2 Å². The van der Waals surface area contributed by atoms with Crippen LogP contribution in [0.15, 0.2) is 53.4 Å². The van der Waals surface area contributed by atoms with E-state index in [1.54, 1.807) is 26.0 Å². The van der Waals surface area contributed by atoms with Crippen molar-refractivity contribution in [2.45, 2.75) is 37.3 Å². The van der Waals surface area contributed by atoms with Crippen molar-refractivity contribution in [1.82, 2.24) is 0 Å². The van der Waals surface area contributed by atoms with E-state index in [2.05, 4.69) is 5.32 Å². The van der Waals surface area contributed by atoms with Gasteiger partial charge in [0.2, 0.25) is 5.91 Å². The number of aryl methyl sites for hydroxylation is 1. The Kier molecular flexibility index (Phi) is 5.21. The second-order valence-electron chi connectivity index (χ2n) is 5.83. The Morgan fingerprint density at radius 1 is 1.00 bits per heavy atom. The summed E-state index contributed by atoms with van der Waals surface area (Å²) in [7, 11) is -3.29. The van der Waals surface area contributed by atoms with Gasteiger partial charge in [0.25, 0.3) is 0 Å². The van der Waals surface area contributed by atoms with Crippen LogP contribution in [0.2, 0.25) is 0 Å². The van der Waals surface area contributed by atoms with Crippen molar-refractivity contribution < 1.29 is 13.2 Å². The first-order valence-corrected chi connectivity index (χ1v) is 9.03. The molecule has 2 aromatic carbocycles. The minimum absolute atomic E-state index is 0.131. The van der Waals surface area contributed by atoms with Crippen LogP contribution >= 0.6 is 0 Å². The molecule has 1 amide bonds. The lowest BCUT2D eigenvalue weighted by Crippen LogP contribution is -2.15. The van der Waals surface area contributed by atoms with Crippen molar-refractivity contribution >= 4 is 21.4 Å². The molecule has 0 heterocycles. The molecule has 0 aromatic heterocycles. The van der Waals surface area contributed by atoms with Crippen molar-refractivity contribution in [1.29, 1.82) is 0 Å². The van der Waals surface area contributed by atoms with Crippen LogP contribution < -0.4 is 5.32 Å². The van der Waals surface area contributed by atoms with Gasteiger partial charge in [0.05, 0.1) is 16.6 Å². The number of nitrogens with one attached hydrogen (secondary N) is 1. The molecule has 2 aromatic rings. The Labute approximate surface area is 137 Å². The van der Waals surface area contributed by atoms with E-state index in [9.17, 15) is 13.2 Å². The highest BCUT2D eigenvalue weighted by Gasteiger charge is 2.18. The third-order valence-electron chi connectivity index (χ3n) is 3.57. The van der Waals surface area contributed by atoms with E-state index in [4.69, 9.17) is 0 Å². The number of rotatable bonds is 5. The molecule has 0 aliphatic rings. The summed E-state index contributed by atoms with van der Waals surface area (Å²) in [6.45, 7) is 5.29. The SMILES string of the molecule is Cc1ccc(CC(=O)Nc2ccc(S(=O)(=O)C(C)C)cc2)cc1. The van der Waals surface area contributed by atoms with Crippen LogP contribution in [0.4, 0.5) is 5.69 Å². The number of hydrogen-bond acceptors (Lipinski definition) is 3. The van der Waals surface area contributed by atoms with Gasteiger partial charge in [0.1, 0.15) is 0 Å². The maximum absolute atomic E-state index is 12.0. The van der Waals surface area contributed by atoms with Crippen LogP contribution in [0.25, 0.3) is 0 Å². The van der Waals surface area contributed by atoms with Gasteiger partial charge in [-0.1, -0.05) is 29.8 Å². The summed E-state index contributed by atoms with van der Waals surface area (Å²) in [5, 5.41) is 2.31. The molecule has 0 aliphatic carbocycles. The lowest BCUT2D eigenvalue weighted by atomic mass is 10.1. The van der Waals surface area contributed by atoms with Gasteiger partial charge >= 0.3 is 0 Å². The molecule has 23 heavy (non-hydrogen) atoms. The lowest BCUT2D eigenvalue weighted by molar-refractivity contribution is -0.115. The second kappa shape index (κ2) is 6.96. The van der Waals surface area contributed by atoms with Gasteiger partial charge in [-0.25, -0.2) is 8.42 Å². The maximum Gasteiger partial charge on any atom is 0.228 e. The zero-order valence-corrected chi connectivity index (χ0v) is 14.4. The minimum Gasteiger partial charge on any atom is -0.326 e. The molecule has 0 saturated heterocycles. The summed E-state index contributed by atoms with van der Waals surface area (Å²) in [4.78, 5) is 12.3. The van der Waals surface area contributed by atoms with Crippen molar-refractivity contribution in [3.8, 4) is 0 Å². The molecule has 0 atom stereocenters. The molecule has 0 unspecified atom stereocenters. The number of carbonyl (C=O) groups excluding carboxylic acids is 1. The zero-order chi connectivity index (χ0) is 17.0. The highest BCUT2D eigenvalue weighted by Crippen LogP contribution is 2.18. The third kappa shape index (κ3) is 4.42. The Bertz CT molecular complexity index is 776. The number of sulfone groups is 1. The van der Waals surface area contributed by atoms with Crippen molar-refractivity contribution in [3.63, 3.8) is 0 Å². The van der Waals surface area contributed by atoms with Crippen LogP contribution in [0, 0.1) is 6.92 Å². The molecule has 0 spiro atoms. The predicted molar refractivity (Wildman–Crippen MR) is 92.3 cm³/mol. The number of anilines is 1. The quantitative estimate of drug-likeness (QED) is 0.914. The van der Waals surface area contributed by atoms with E-state index >= 15 is 0 Å². The first kappa shape index (κ1) is 17.2. The van der Waals surface area contributed by atoms with Crippen LogP contribution in [0.1, 0.15) is 25.0 Å². The number of amides is 1. The van der Waals surface area contributed by atoms with Gasteiger partial charge in [0, 0.05) is 5.69 Å². The highest BCUT2D eigenvalue weighted by molar-refractivity contribution is 7.92. The number of carbonyl (C=O) groups is 1. The Hall–Kier alpha value is -2.14. The Morgan fingerprint density at radius 3 is 2.09 bits per heavy atom. The van der Waals surface area contributed by atoms with Crippen molar-refractivity contribution in [2.75, 3.05) is 5.32 Å². The molecular formula is C18H21NO3S. The fourth-order valence-electron chi connectivity index (χ4n) is 2.10. The van der Waals surface area contributed by atoms with Crippen LogP contribution in [-0.2, 0) is 21.1 Å². The van der Waals surface area contributed by atoms with E-state index in [1.165, 1.54) is 12.1 Å². The predicted octanol–water partition coefficient (Wildman–Crippen LogP) is 3.36. The molecule has 5 heteroatoms. The molecule has 0 saturated carbocycles. The molecule has 4 nitrogen and oxygen atoms in total. The van der Waals surface area contributed by atoms with Crippen molar-refractivity contribution in [3.05, 3.63) is 59.7 Å². The van der Waals surface area contributed by atoms with E-state index in [0.717, 1.165) is 11.1 Å². The summed E-state index contributed by atoms with van der Waals surface area (Å²) in [6, 6.07) is 14.1. The molecule has 0 fully saturated rings. The highest BCUT2D eigenvalue weighted by atomic mass is 32.2. The van der Waals surface area contributed by atoms with Gasteiger partial charge in [0.15, 0.2) is 9.84 Å². The Balaban J connectivity index is 2.03. The molecule has 2 rings (SSSR count). The van der Waals surface area contributed by atoms with E-state index in [-0.39, 0.29) is 17.2 Å². The monoisotopic (exact) mass is 331 g/mol. The normalized spacial score (nSPS) is 11.5. The van der Waals surface area contributed by atoms with Gasteiger partial charge in [-0.3, -0.25) is 4.79 Å². The average Bonchev–Trinajstić information content (AvgIpc) is 2.50. The molecule has 122 valence electrons. The van der Waals surface area contributed by atoms with Crippen LogP contribution in [-0.4, -0.2) is 19.6 Å². The summed E-state index contributed by atoms with van der Waals surface area (Å²) in [5.41, 5.74) is 2.67. The standard InChI is InChI=1S/C18H21NO3S/c1-13(2)23(21,22)17-10-8-16(9-11-17)19-18(20)12-15-6-4-14(3)5-7-15/h4-11,13H,12H2,1-3H3,(H,19,20). The lowest BCUT2D eigenvalue weighted by Gasteiger charge is -2.09. The first-order valence-electron chi connectivity index (χ1n) is 7.48. The smallest absolute Gasteiger partial charge is 0.228 e. The largest absolute Gasteiger partial charge is 0.326 e. The molecule has 1 N–H and O–H groups in total. The minimum atomic E-state index is -3.29. The third-order valence-corrected chi connectivity index (χ3v) is 5.74. The summed E-state index contributed by atoms with van der Waals surface area (Å²) < 4.78 is 24.1. The fraction of sp³-hybridized carbons (Fsp3) is 0.278. The van der Waals surface area contributed by atoms with Gasteiger partial charge < -0.3 is 5.32 Å². The van der Waals surface area contributed by atoms with E-state index in [0.29, 0.717) is 5.69 Å². The van der Waals surface area contributed by atoms with E-state index < -0.39 is 15.1 Å². The van der Waals surface area contributed by atoms with Gasteiger partial charge in [-0.05, 0) is 50.6 Å². The number of hydrogen-bond donors (Lipinski definition) is 1. The summed E-state index contributed by atoms with van der Waals surface area (Å²) >= 11 is 0. The van der Waals surface area contributed by atoms with Crippen LogP contribution in [0.5, 0.6) is 0 Å². The summed E-state index contributed by atoms with van der Waals surface area (Å²) in [5.74, 6) is -0.131. The second-order valence-corrected chi connectivity index (χ2v) is 8.33. The zero-order valence-electron chi connectivity index (χ0n) is 13.5. The fourth-order valence-corrected chi connectivity index (χ4v) is 3.16. The maximum atomic E-state index is 12.0. The molecule has 0 radical (unpaired) electrons. The first-order chi connectivity index (χ1) is 10.8.